The molecule has 1 amide bonds. The van der Waals surface area contributed by atoms with Crippen LogP contribution in [0.3, 0.4) is 0 Å². The third-order valence-corrected chi connectivity index (χ3v) is 4.36. The van der Waals surface area contributed by atoms with Gasteiger partial charge in [-0.2, -0.15) is 0 Å². The maximum absolute atomic E-state index is 12.2. The van der Waals surface area contributed by atoms with Crippen LogP contribution >= 0.6 is 0 Å². The molecular formula is C18H19NO4S. The molecule has 0 fully saturated rings. The molecule has 24 heavy (non-hydrogen) atoms. The van der Waals surface area contributed by atoms with Gasteiger partial charge < -0.3 is 4.74 Å². The molecule has 0 aliphatic carbocycles. The van der Waals surface area contributed by atoms with Crippen LogP contribution in [0.5, 0.6) is 5.75 Å². The van der Waals surface area contributed by atoms with Crippen LogP contribution in [0.15, 0.2) is 47.9 Å². The van der Waals surface area contributed by atoms with Crippen molar-refractivity contribution in [2.75, 3.05) is 7.11 Å². The molecular weight excluding hydrogens is 326 g/mol. The summed E-state index contributed by atoms with van der Waals surface area (Å²) in [6, 6.07) is 12.1. The third-order valence-electron chi connectivity index (χ3n) is 3.39. The van der Waals surface area contributed by atoms with E-state index in [1.165, 1.54) is 13.2 Å². The second-order valence-corrected chi connectivity index (χ2v) is 6.94. The predicted octanol–water partition coefficient (Wildman–Crippen LogP) is 3.04. The van der Waals surface area contributed by atoms with E-state index in [0.29, 0.717) is 16.9 Å². The summed E-state index contributed by atoms with van der Waals surface area (Å²) in [6.45, 7) is 3.67. The van der Waals surface area contributed by atoms with Gasteiger partial charge in [-0.15, -0.1) is 0 Å². The van der Waals surface area contributed by atoms with Crippen molar-refractivity contribution in [1.82, 2.24) is 4.72 Å². The lowest BCUT2D eigenvalue weighted by Gasteiger charge is -2.07. The Morgan fingerprint density at radius 1 is 1.12 bits per heavy atom. The van der Waals surface area contributed by atoms with Gasteiger partial charge in [-0.25, -0.2) is 13.1 Å². The normalized spacial score (nSPS) is 11.5. The highest BCUT2D eigenvalue weighted by atomic mass is 32.2. The average Bonchev–Trinajstić information content (AvgIpc) is 2.52. The van der Waals surface area contributed by atoms with Gasteiger partial charge in [0.25, 0.3) is 15.9 Å². The number of methoxy groups -OCH3 is 1. The standard InChI is InChI=1S/C18H19NO4S/c1-13-7-8-17(14(2)11-13)18(20)19-24(21,22)10-9-15-5-4-6-16(12-15)23-3/h4-12H,1-3H3,(H,19,20)/b10-9+. The summed E-state index contributed by atoms with van der Waals surface area (Å²) in [5, 5.41) is 0.962. The van der Waals surface area contributed by atoms with E-state index in [0.717, 1.165) is 16.5 Å². The minimum Gasteiger partial charge on any atom is -0.497 e. The Kier molecular flexibility index (Phi) is 5.41. The Bertz CT molecular complexity index is 886. The zero-order valence-corrected chi connectivity index (χ0v) is 14.6. The largest absolute Gasteiger partial charge is 0.497 e. The molecule has 2 aromatic carbocycles. The highest BCUT2D eigenvalue weighted by Crippen LogP contribution is 2.14. The highest BCUT2D eigenvalue weighted by Gasteiger charge is 2.15. The molecule has 0 aliphatic rings. The maximum Gasteiger partial charge on any atom is 0.265 e. The Morgan fingerprint density at radius 3 is 2.54 bits per heavy atom. The summed E-state index contributed by atoms with van der Waals surface area (Å²) < 4.78 is 31.3. The molecule has 2 rings (SSSR count). The molecule has 126 valence electrons. The number of rotatable bonds is 5. The van der Waals surface area contributed by atoms with E-state index in [-0.39, 0.29) is 0 Å². The van der Waals surface area contributed by atoms with Crippen LogP contribution in [0.25, 0.3) is 6.08 Å². The Hall–Kier alpha value is -2.60. The van der Waals surface area contributed by atoms with Crippen molar-refractivity contribution in [3.63, 3.8) is 0 Å². The lowest BCUT2D eigenvalue weighted by Crippen LogP contribution is -2.29. The van der Waals surface area contributed by atoms with Gasteiger partial charge in [0.15, 0.2) is 0 Å². The molecule has 0 unspecified atom stereocenters. The van der Waals surface area contributed by atoms with Gasteiger partial charge in [-0.05, 0) is 49.2 Å². The molecule has 0 heterocycles. The lowest BCUT2D eigenvalue weighted by molar-refractivity contribution is 0.0981. The van der Waals surface area contributed by atoms with Crippen LogP contribution in [0, 0.1) is 13.8 Å². The minimum absolute atomic E-state index is 0.332. The number of nitrogens with one attached hydrogen (secondary N) is 1. The van der Waals surface area contributed by atoms with Crippen molar-refractivity contribution in [1.29, 1.82) is 0 Å². The minimum atomic E-state index is -3.89. The summed E-state index contributed by atoms with van der Waals surface area (Å²) in [7, 11) is -2.36. The number of aryl methyl sites for hydroxylation is 2. The van der Waals surface area contributed by atoms with Crippen molar-refractivity contribution in [2.24, 2.45) is 0 Å². The van der Waals surface area contributed by atoms with Crippen LogP contribution < -0.4 is 9.46 Å². The number of carbonyl (C=O) groups is 1. The van der Waals surface area contributed by atoms with Gasteiger partial charge in [0.05, 0.1) is 12.5 Å². The fourth-order valence-corrected chi connectivity index (χ4v) is 2.97. The molecule has 0 aliphatic heterocycles. The number of hydrogen-bond acceptors (Lipinski definition) is 4. The number of carbonyl (C=O) groups excluding carboxylic acids is 1. The van der Waals surface area contributed by atoms with E-state index in [2.05, 4.69) is 0 Å². The predicted molar refractivity (Wildman–Crippen MR) is 94.3 cm³/mol. The molecule has 0 bridgehead atoms. The highest BCUT2D eigenvalue weighted by molar-refractivity contribution is 7.93. The number of hydrogen-bond donors (Lipinski definition) is 1. The van der Waals surface area contributed by atoms with E-state index < -0.39 is 15.9 Å². The molecule has 6 heteroatoms. The van der Waals surface area contributed by atoms with Crippen molar-refractivity contribution < 1.29 is 17.9 Å². The smallest absolute Gasteiger partial charge is 0.265 e. The average molecular weight is 345 g/mol. The summed E-state index contributed by atoms with van der Waals surface area (Å²) in [6.07, 6.45) is 1.40. The number of ether oxygens (including phenoxy) is 1. The lowest BCUT2D eigenvalue weighted by atomic mass is 10.1. The zero-order valence-electron chi connectivity index (χ0n) is 13.7. The van der Waals surface area contributed by atoms with E-state index in [1.54, 1.807) is 43.3 Å². The van der Waals surface area contributed by atoms with Crippen molar-refractivity contribution in [2.45, 2.75) is 13.8 Å². The molecule has 1 N–H and O–H groups in total. The second-order valence-electron chi connectivity index (χ2n) is 5.37. The Balaban J connectivity index is 2.15. The van der Waals surface area contributed by atoms with Crippen LogP contribution in [0.4, 0.5) is 0 Å². The number of benzene rings is 2. The van der Waals surface area contributed by atoms with E-state index in [9.17, 15) is 13.2 Å². The molecule has 0 aromatic heterocycles. The zero-order chi connectivity index (χ0) is 17.7. The third kappa shape index (κ3) is 4.70. The van der Waals surface area contributed by atoms with Gasteiger partial charge in [-0.1, -0.05) is 29.8 Å². The van der Waals surface area contributed by atoms with Gasteiger partial charge >= 0.3 is 0 Å². The maximum atomic E-state index is 12.2. The topological polar surface area (TPSA) is 72.5 Å². The van der Waals surface area contributed by atoms with Crippen LogP contribution in [0.1, 0.15) is 27.0 Å². The summed E-state index contributed by atoms with van der Waals surface area (Å²) in [5.74, 6) is -0.0309. The van der Waals surface area contributed by atoms with E-state index >= 15 is 0 Å². The van der Waals surface area contributed by atoms with E-state index in [1.807, 2.05) is 17.7 Å². The SMILES string of the molecule is COc1cccc(/C=C/S(=O)(=O)NC(=O)c2ccc(C)cc2C)c1. The molecule has 0 spiro atoms. The fraction of sp³-hybridized carbons (Fsp3) is 0.167. The quantitative estimate of drug-likeness (QED) is 0.904. The first kappa shape index (κ1) is 17.7. The first-order chi connectivity index (χ1) is 11.3. The molecule has 2 aromatic rings. The van der Waals surface area contributed by atoms with Crippen LogP contribution in [-0.2, 0) is 10.0 Å². The summed E-state index contributed by atoms with van der Waals surface area (Å²) >= 11 is 0. The molecule has 0 saturated heterocycles. The van der Waals surface area contributed by atoms with Crippen molar-refractivity contribution in [3.05, 3.63) is 70.1 Å². The van der Waals surface area contributed by atoms with Crippen molar-refractivity contribution >= 4 is 22.0 Å². The first-order valence-corrected chi connectivity index (χ1v) is 8.82. The van der Waals surface area contributed by atoms with Gasteiger partial charge in [0, 0.05) is 5.56 Å². The van der Waals surface area contributed by atoms with Crippen molar-refractivity contribution in [3.8, 4) is 5.75 Å². The Morgan fingerprint density at radius 2 is 1.88 bits per heavy atom. The van der Waals surface area contributed by atoms with Gasteiger partial charge in [-0.3, -0.25) is 4.79 Å². The van der Waals surface area contributed by atoms with Gasteiger partial charge in [0.2, 0.25) is 0 Å². The molecule has 5 nitrogen and oxygen atoms in total. The Labute approximate surface area is 142 Å². The molecule has 0 saturated carbocycles. The number of sulfonamides is 1. The molecule has 0 atom stereocenters. The first-order valence-electron chi connectivity index (χ1n) is 7.27. The summed E-state index contributed by atoms with van der Waals surface area (Å²) in [5.41, 5.74) is 2.71. The van der Waals surface area contributed by atoms with Crippen LogP contribution in [-0.4, -0.2) is 21.4 Å². The number of amides is 1. The van der Waals surface area contributed by atoms with Crippen LogP contribution in [0.2, 0.25) is 0 Å². The van der Waals surface area contributed by atoms with Gasteiger partial charge in [0.1, 0.15) is 5.75 Å². The monoisotopic (exact) mass is 345 g/mol. The van der Waals surface area contributed by atoms with E-state index in [4.69, 9.17) is 4.74 Å². The fourth-order valence-electron chi connectivity index (χ4n) is 2.20. The summed E-state index contributed by atoms with van der Waals surface area (Å²) in [4.78, 5) is 12.2. The second kappa shape index (κ2) is 7.31. The molecule has 0 radical (unpaired) electrons.